The van der Waals surface area contributed by atoms with Crippen LogP contribution < -0.4 is 0 Å². The van der Waals surface area contributed by atoms with Gasteiger partial charge in [-0.15, -0.1) is 0 Å². The molecule has 1 rings (SSSR count). The molecule has 8 heteroatoms. The number of carboxylic acid groups (broad SMARTS) is 1. The molecule has 1 atom stereocenters. The van der Waals surface area contributed by atoms with Gasteiger partial charge < -0.3 is 14.7 Å². The molecule has 1 aliphatic heterocycles. The highest BCUT2D eigenvalue weighted by atomic mass is 19.4. The lowest BCUT2D eigenvalue weighted by Crippen LogP contribution is -2.44. The molecule has 0 spiro atoms. The third kappa shape index (κ3) is 4.22. The van der Waals surface area contributed by atoms with Crippen LogP contribution in [-0.4, -0.2) is 54.4 Å². The van der Waals surface area contributed by atoms with Crippen molar-refractivity contribution in [3.63, 3.8) is 0 Å². The number of hydrogen-bond donors (Lipinski definition) is 1. The molecule has 0 aromatic heterocycles. The van der Waals surface area contributed by atoms with E-state index in [2.05, 4.69) is 0 Å². The van der Waals surface area contributed by atoms with Gasteiger partial charge in [0.2, 0.25) is 0 Å². The maximum Gasteiger partial charge on any atom is 0.471 e. The summed E-state index contributed by atoms with van der Waals surface area (Å²) < 4.78 is 41.6. The van der Waals surface area contributed by atoms with E-state index in [4.69, 9.17) is 9.84 Å². The zero-order chi connectivity index (χ0) is 13.1. The van der Waals surface area contributed by atoms with Gasteiger partial charge in [0.15, 0.2) is 0 Å². The lowest BCUT2D eigenvalue weighted by molar-refractivity contribution is -0.185. The Kier molecular flexibility index (Phi) is 4.33. The van der Waals surface area contributed by atoms with Crippen molar-refractivity contribution in [3.05, 3.63) is 0 Å². The topological polar surface area (TPSA) is 66.8 Å². The Balaban J connectivity index is 2.66. The van der Waals surface area contributed by atoms with E-state index in [1.807, 2.05) is 0 Å². The first kappa shape index (κ1) is 13.8. The van der Waals surface area contributed by atoms with Crippen molar-refractivity contribution in [2.24, 2.45) is 5.92 Å². The van der Waals surface area contributed by atoms with Crippen LogP contribution in [0, 0.1) is 5.92 Å². The number of carbonyl (C=O) groups excluding carboxylic acids is 1. The van der Waals surface area contributed by atoms with Crippen molar-refractivity contribution >= 4 is 11.9 Å². The van der Waals surface area contributed by atoms with Gasteiger partial charge in [-0.1, -0.05) is 0 Å². The smallest absolute Gasteiger partial charge is 0.471 e. The van der Waals surface area contributed by atoms with E-state index < -0.39 is 24.0 Å². The third-order valence-corrected chi connectivity index (χ3v) is 2.33. The summed E-state index contributed by atoms with van der Waals surface area (Å²) in [4.78, 5) is 22.1. The van der Waals surface area contributed by atoms with Crippen LogP contribution in [0.1, 0.15) is 6.42 Å². The SMILES string of the molecule is O=C(O)CC1COCCN(C(=O)C(F)(F)F)C1. The zero-order valence-electron chi connectivity index (χ0n) is 8.87. The lowest BCUT2D eigenvalue weighted by Gasteiger charge is -2.23. The molecule has 0 aromatic carbocycles. The van der Waals surface area contributed by atoms with Gasteiger partial charge in [-0.05, 0) is 0 Å². The van der Waals surface area contributed by atoms with E-state index in [9.17, 15) is 22.8 Å². The van der Waals surface area contributed by atoms with E-state index in [0.717, 1.165) is 0 Å². The van der Waals surface area contributed by atoms with E-state index in [1.165, 1.54) is 0 Å². The number of rotatable bonds is 2. The highest BCUT2D eigenvalue weighted by Gasteiger charge is 2.43. The molecule has 0 bridgehead atoms. The number of hydrogen-bond acceptors (Lipinski definition) is 3. The predicted molar refractivity (Wildman–Crippen MR) is 49.2 cm³/mol. The fraction of sp³-hybridized carbons (Fsp3) is 0.778. The molecule has 1 N–H and O–H groups in total. The quantitative estimate of drug-likeness (QED) is 0.780. The first-order chi connectivity index (χ1) is 7.80. The number of amides is 1. The molecular formula is C9H12F3NO4. The van der Waals surface area contributed by atoms with Gasteiger partial charge in [0.25, 0.3) is 0 Å². The van der Waals surface area contributed by atoms with Gasteiger partial charge in [-0.25, -0.2) is 0 Å². The Morgan fingerprint density at radius 1 is 1.41 bits per heavy atom. The number of carbonyl (C=O) groups is 2. The normalized spacial score (nSPS) is 22.1. The summed E-state index contributed by atoms with van der Waals surface area (Å²) in [5.74, 6) is -3.68. The second-order valence-electron chi connectivity index (χ2n) is 3.79. The standard InChI is InChI=1S/C9H12F3NO4/c10-9(11,12)8(16)13-1-2-17-5-6(4-13)3-7(14)15/h6H,1-5H2,(H,14,15). The Morgan fingerprint density at radius 2 is 2.06 bits per heavy atom. The maximum atomic E-state index is 12.2. The van der Waals surface area contributed by atoms with Crippen molar-refractivity contribution in [1.82, 2.24) is 4.90 Å². The summed E-state index contributed by atoms with van der Waals surface area (Å²) >= 11 is 0. The van der Waals surface area contributed by atoms with Gasteiger partial charge in [0.1, 0.15) is 0 Å². The molecule has 98 valence electrons. The van der Waals surface area contributed by atoms with Crippen molar-refractivity contribution in [3.8, 4) is 0 Å². The van der Waals surface area contributed by atoms with Crippen LogP contribution in [0.3, 0.4) is 0 Å². The summed E-state index contributed by atoms with van der Waals surface area (Å²) in [7, 11) is 0. The first-order valence-corrected chi connectivity index (χ1v) is 4.96. The van der Waals surface area contributed by atoms with Crippen LogP contribution in [0.25, 0.3) is 0 Å². The molecule has 1 saturated heterocycles. The van der Waals surface area contributed by atoms with Crippen LogP contribution in [0.5, 0.6) is 0 Å². The number of ether oxygens (including phenoxy) is 1. The number of halogens is 3. The maximum absolute atomic E-state index is 12.2. The molecule has 5 nitrogen and oxygen atoms in total. The van der Waals surface area contributed by atoms with Gasteiger partial charge in [0, 0.05) is 19.0 Å². The van der Waals surface area contributed by atoms with Crippen molar-refractivity contribution < 1.29 is 32.6 Å². The largest absolute Gasteiger partial charge is 0.481 e. The number of nitrogens with zero attached hydrogens (tertiary/aromatic N) is 1. The fourth-order valence-corrected chi connectivity index (χ4v) is 1.61. The van der Waals surface area contributed by atoms with E-state index in [-0.39, 0.29) is 32.7 Å². The second kappa shape index (κ2) is 5.35. The molecule has 0 radical (unpaired) electrons. The minimum atomic E-state index is -4.93. The van der Waals surface area contributed by atoms with Gasteiger partial charge in [0.05, 0.1) is 19.6 Å². The molecule has 1 unspecified atom stereocenters. The number of carboxylic acids is 1. The Bertz CT molecular complexity index is 305. The average Bonchev–Trinajstić information content (AvgIpc) is 2.39. The Labute approximate surface area is 95.1 Å². The second-order valence-corrected chi connectivity index (χ2v) is 3.79. The molecule has 0 aliphatic carbocycles. The van der Waals surface area contributed by atoms with Gasteiger partial charge in [-0.2, -0.15) is 13.2 Å². The van der Waals surface area contributed by atoms with Crippen molar-refractivity contribution in [1.29, 1.82) is 0 Å². The summed E-state index contributed by atoms with van der Waals surface area (Å²) in [6, 6.07) is 0. The first-order valence-electron chi connectivity index (χ1n) is 4.96. The van der Waals surface area contributed by atoms with Crippen LogP contribution in [0.15, 0.2) is 0 Å². The fourth-order valence-electron chi connectivity index (χ4n) is 1.61. The van der Waals surface area contributed by atoms with E-state index in [1.54, 1.807) is 0 Å². The highest BCUT2D eigenvalue weighted by molar-refractivity contribution is 5.82. The van der Waals surface area contributed by atoms with Crippen LogP contribution in [0.4, 0.5) is 13.2 Å². The number of alkyl halides is 3. The minimum Gasteiger partial charge on any atom is -0.481 e. The number of aliphatic carboxylic acids is 1. The Morgan fingerprint density at radius 3 is 2.59 bits per heavy atom. The van der Waals surface area contributed by atoms with Crippen molar-refractivity contribution in [2.45, 2.75) is 12.6 Å². The summed E-state index contributed by atoms with van der Waals surface area (Å²) in [5.41, 5.74) is 0. The molecule has 0 saturated carbocycles. The lowest BCUT2D eigenvalue weighted by atomic mass is 10.1. The molecule has 1 fully saturated rings. The van der Waals surface area contributed by atoms with Crippen LogP contribution in [0.2, 0.25) is 0 Å². The Hall–Kier alpha value is -1.31. The summed E-state index contributed by atoms with van der Waals surface area (Å²) in [6.45, 7) is -0.384. The van der Waals surface area contributed by atoms with E-state index >= 15 is 0 Å². The van der Waals surface area contributed by atoms with Gasteiger partial charge >= 0.3 is 18.1 Å². The summed E-state index contributed by atoms with van der Waals surface area (Å²) in [5, 5.41) is 8.56. The zero-order valence-corrected chi connectivity index (χ0v) is 8.87. The highest BCUT2D eigenvalue weighted by Crippen LogP contribution is 2.21. The molecular weight excluding hydrogens is 243 g/mol. The van der Waals surface area contributed by atoms with Crippen LogP contribution >= 0.6 is 0 Å². The molecule has 1 amide bonds. The molecule has 1 aliphatic rings. The minimum absolute atomic E-state index is 0.0159. The van der Waals surface area contributed by atoms with Crippen LogP contribution in [-0.2, 0) is 14.3 Å². The predicted octanol–water partition coefficient (Wildman–Crippen LogP) is 0.498. The molecule has 17 heavy (non-hydrogen) atoms. The van der Waals surface area contributed by atoms with Gasteiger partial charge in [-0.3, -0.25) is 9.59 Å². The monoisotopic (exact) mass is 255 g/mol. The molecule has 1 heterocycles. The van der Waals surface area contributed by atoms with E-state index in [0.29, 0.717) is 4.90 Å². The average molecular weight is 255 g/mol. The van der Waals surface area contributed by atoms with Crippen molar-refractivity contribution in [2.75, 3.05) is 26.3 Å². The molecule has 0 aromatic rings. The summed E-state index contributed by atoms with van der Waals surface area (Å²) in [6.07, 6.45) is -5.25. The third-order valence-electron chi connectivity index (χ3n) is 2.33.